The van der Waals surface area contributed by atoms with Gasteiger partial charge in [-0.3, -0.25) is 4.79 Å². The third-order valence-corrected chi connectivity index (χ3v) is 3.45. The number of carbonyl (C=O) groups is 1. The van der Waals surface area contributed by atoms with E-state index in [0.29, 0.717) is 0 Å². The predicted molar refractivity (Wildman–Crippen MR) is 60.0 cm³/mol. The van der Waals surface area contributed by atoms with Gasteiger partial charge in [-0.05, 0) is 12.1 Å². The fourth-order valence-corrected chi connectivity index (χ4v) is 2.10. The van der Waals surface area contributed by atoms with Crippen molar-refractivity contribution in [2.45, 2.75) is 11.8 Å². The molecule has 3 N–H and O–H groups in total. The third kappa shape index (κ3) is 3.04. The standard InChI is InChI=1S/C10H14N2O3S/c1-8(7-11)10(13)12-16(14,15)9-5-3-2-4-6-9/h2-6,8H,7,11H2,1H3,(H,12,13). The van der Waals surface area contributed by atoms with Gasteiger partial charge in [0.1, 0.15) is 0 Å². The SMILES string of the molecule is CC(CN)C(=O)NS(=O)(=O)c1ccccc1. The summed E-state index contributed by atoms with van der Waals surface area (Å²) in [5.41, 5.74) is 5.27. The first kappa shape index (κ1) is 12.7. The predicted octanol–water partition coefficient (Wildman–Crippen LogP) is 0.0863. The highest BCUT2D eigenvalue weighted by atomic mass is 32.2. The summed E-state index contributed by atoms with van der Waals surface area (Å²) in [6.07, 6.45) is 0. The number of nitrogens with two attached hydrogens (primary N) is 1. The number of hydrogen-bond donors (Lipinski definition) is 2. The Bertz CT molecular complexity index is 456. The molecule has 1 amide bonds. The van der Waals surface area contributed by atoms with Gasteiger partial charge in [-0.2, -0.15) is 0 Å². The molecule has 0 aliphatic rings. The maximum atomic E-state index is 11.7. The summed E-state index contributed by atoms with van der Waals surface area (Å²) < 4.78 is 25.4. The van der Waals surface area contributed by atoms with E-state index in [2.05, 4.69) is 0 Å². The molecule has 1 atom stereocenters. The number of benzene rings is 1. The third-order valence-electron chi connectivity index (χ3n) is 2.09. The van der Waals surface area contributed by atoms with Gasteiger partial charge in [-0.25, -0.2) is 13.1 Å². The summed E-state index contributed by atoms with van der Waals surface area (Å²) in [6.45, 7) is 1.67. The van der Waals surface area contributed by atoms with Gasteiger partial charge in [-0.1, -0.05) is 25.1 Å². The number of nitrogens with one attached hydrogen (secondary N) is 1. The molecule has 1 rings (SSSR count). The van der Waals surface area contributed by atoms with Crippen LogP contribution in [0.4, 0.5) is 0 Å². The van der Waals surface area contributed by atoms with Gasteiger partial charge < -0.3 is 5.73 Å². The molecular weight excluding hydrogens is 228 g/mol. The Kier molecular flexibility index (Phi) is 4.03. The molecule has 16 heavy (non-hydrogen) atoms. The highest BCUT2D eigenvalue weighted by molar-refractivity contribution is 7.90. The molecular formula is C10H14N2O3S. The summed E-state index contributed by atoms with van der Waals surface area (Å²) in [5.74, 6) is -1.12. The van der Waals surface area contributed by atoms with E-state index < -0.39 is 21.8 Å². The van der Waals surface area contributed by atoms with Gasteiger partial charge in [-0.15, -0.1) is 0 Å². The Morgan fingerprint density at radius 2 is 1.94 bits per heavy atom. The Morgan fingerprint density at radius 1 is 1.38 bits per heavy atom. The van der Waals surface area contributed by atoms with Crippen LogP contribution >= 0.6 is 0 Å². The van der Waals surface area contributed by atoms with Gasteiger partial charge in [0.25, 0.3) is 10.0 Å². The minimum atomic E-state index is -3.77. The van der Waals surface area contributed by atoms with E-state index in [9.17, 15) is 13.2 Å². The van der Waals surface area contributed by atoms with Crippen LogP contribution in [0.25, 0.3) is 0 Å². The minimum absolute atomic E-state index is 0.0626. The first-order valence-electron chi connectivity index (χ1n) is 4.79. The van der Waals surface area contributed by atoms with Crippen molar-refractivity contribution < 1.29 is 13.2 Å². The van der Waals surface area contributed by atoms with Crippen molar-refractivity contribution in [3.05, 3.63) is 30.3 Å². The number of rotatable bonds is 4. The normalized spacial score (nSPS) is 13.1. The minimum Gasteiger partial charge on any atom is -0.330 e. The molecule has 6 heteroatoms. The van der Waals surface area contributed by atoms with Crippen LogP contribution in [-0.4, -0.2) is 20.9 Å². The van der Waals surface area contributed by atoms with Crippen molar-refractivity contribution in [1.29, 1.82) is 0 Å². The van der Waals surface area contributed by atoms with Crippen LogP contribution in [0.1, 0.15) is 6.92 Å². The van der Waals surface area contributed by atoms with E-state index in [1.165, 1.54) is 12.1 Å². The molecule has 1 aromatic rings. The number of amides is 1. The van der Waals surface area contributed by atoms with Crippen LogP contribution in [-0.2, 0) is 14.8 Å². The number of sulfonamides is 1. The van der Waals surface area contributed by atoms with Crippen molar-refractivity contribution >= 4 is 15.9 Å². The maximum absolute atomic E-state index is 11.7. The van der Waals surface area contributed by atoms with E-state index >= 15 is 0 Å². The molecule has 0 fully saturated rings. The largest absolute Gasteiger partial charge is 0.330 e. The van der Waals surface area contributed by atoms with Gasteiger partial charge in [0, 0.05) is 12.5 Å². The number of hydrogen-bond acceptors (Lipinski definition) is 4. The van der Waals surface area contributed by atoms with E-state index in [1.807, 2.05) is 4.72 Å². The molecule has 0 saturated carbocycles. The van der Waals surface area contributed by atoms with Gasteiger partial charge in [0.05, 0.1) is 4.90 Å². The zero-order valence-electron chi connectivity index (χ0n) is 8.88. The highest BCUT2D eigenvalue weighted by Gasteiger charge is 2.20. The first-order valence-corrected chi connectivity index (χ1v) is 6.27. The molecule has 0 spiro atoms. The molecule has 0 heterocycles. The zero-order chi connectivity index (χ0) is 12.2. The van der Waals surface area contributed by atoms with E-state index in [1.54, 1.807) is 25.1 Å². The van der Waals surface area contributed by atoms with Crippen LogP contribution in [0.15, 0.2) is 35.2 Å². The molecule has 0 saturated heterocycles. The Morgan fingerprint density at radius 3 is 2.44 bits per heavy atom. The van der Waals surface area contributed by atoms with Crippen LogP contribution in [0.5, 0.6) is 0 Å². The van der Waals surface area contributed by atoms with Gasteiger partial charge >= 0.3 is 0 Å². The van der Waals surface area contributed by atoms with Crippen LogP contribution in [0, 0.1) is 5.92 Å². The van der Waals surface area contributed by atoms with Gasteiger partial charge in [0.2, 0.25) is 5.91 Å². The fourth-order valence-electron chi connectivity index (χ4n) is 0.999. The Balaban J connectivity index is 2.86. The first-order chi connectivity index (χ1) is 7.47. The lowest BCUT2D eigenvalue weighted by Crippen LogP contribution is -2.37. The van der Waals surface area contributed by atoms with E-state index in [4.69, 9.17) is 5.73 Å². The molecule has 1 unspecified atom stereocenters. The van der Waals surface area contributed by atoms with Crippen LogP contribution < -0.4 is 10.5 Å². The average Bonchev–Trinajstić information content (AvgIpc) is 2.28. The quantitative estimate of drug-likeness (QED) is 0.783. The summed E-state index contributed by atoms with van der Waals surface area (Å²) in [7, 11) is -3.77. The smallest absolute Gasteiger partial charge is 0.264 e. The monoisotopic (exact) mass is 242 g/mol. The molecule has 0 bridgehead atoms. The van der Waals surface area contributed by atoms with Crippen molar-refractivity contribution in [3.8, 4) is 0 Å². The molecule has 0 aliphatic carbocycles. The molecule has 5 nitrogen and oxygen atoms in total. The molecule has 1 aromatic carbocycles. The summed E-state index contributed by atoms with van der Waals surface area (Å²) in [4.78, 5) is 11.5. The second-order valence-electron chi connectivity index (χ2n) is 3.42. The summed E-state index contributed by atoms with van der Waals surface area (Å²) >= 11 is 0. The van der Waals surface area contributed by atoms with Crippen molar-refractivity contribution in [3.63, 3.8) is 0 Å². The lowest BCUT2D eigenvalue weighted by Gasteiger charge is -2.10. The topological polar surface area (TPSA) is 89.3 Å². The van der Waals surface area contributed by atoms with Crippen LogP contribution in [0.2, 0.25) is 0 Å². The second-order valence-corrected chi connectivity index (χ2v) is 5.10. The van der Waals surface area contributed by atoms with Crippen molar-refractivity contribution in [1.82, 2.24) is 4.72 Å². The second kappa shape index (κ2) is 5.09. The summed E-state index contributed by atoms with van der Waals surface area (Å²) in [6, 6.07) is 7.71. The highest BCUT2D eigenvalue weighted by Crippen LogP contribution is 2.07. The zero-order valence-corrected chi connectivity index (χ0v) is 9.70. The fraction of sp³-hybridized carbons (Fsp3) is 0.300. The maximum Gasteiger partial charge on any atom is 0.264 e. The lowest BCUT2D eigenvalue weighted by molar-refractivity contribution is -0.122. The Hall–Kier alpha value is -1.40. The lowest BCUT2D eigenvalue weighted by atomic mass is 10.2. The molecule has 0 aliphatic heterocycles. The molecule has 88 valence electrons. The molecule has 0 radical (unpaired) electrons. The Labute approximate surface area is 94.7 Å². The number of carbonyl (C=O) groups excluding carboxylic acids is 1. The van der Waals surface area contributed by atoms with Gasteiger partial charge in [0.15, 0.2) is 0 Å². The van der Waals surface area contributed by atoms with Crippen molar-refractivity contribution in [2.75, 3.05) is 6.54 Å². The van der Waals surface area contributed by atoms with E-state index in [0.717, 1.165) is 0 Å². The molecule has 0 aromatic heterocycles. The average molecular weight is 242 g/mol. The van der Waals surface area contributed by atoms with Crippen molar-refractivity contribution in [2.24, 2.45) is 11.7 Å². The summed E-state index contributed by atoms with van der Waals surface area (Å²) in [5, 5.41) is 0. The van der Waals surface area contributed by atoms with Crippen LogP contribution in [0.3, 0.4) is 0 Å². The van der Waals surface area contributed by atoms with E-state index in [-0.39, 0.29) is 11.4 Å².